The summed E-state index contributed by atoms with van der Waals surface area (Å²) in [6.45, 7) is 6.43. The molecule has 0 saturated heterocycles. The van der Waals surface area contributed by atoms with Crippen molar-refractivity contribution < 1.29 is 4.79 Å². The molecule has 0 aliphatic heterocycles. The first-order chi connectivity index (χ1) is 8.15. The van der Waals surface area contributed by atoms with Crippen molar-refractivity contribution in [3.8, 4) is 0 Å². The van der Waals surface area contributed by atoms with Gasteiger partial charge in [-0.05, 0) is 56.8 Å². The molecule has 2 aliphatic carbocycles. The van der Waals surface area contributed by atoms with Gasteiger partial charge in [0, 0.05) is 12.0 Å². The minimum absolute atomic E-state index is 0.219. The van der Waals surface area contributed by atoms with E-state index in [-0.39, 0.29) is 11.8 Å². The van der Waals surface area contributed by atoms with Crippen molar-refractivity contribution in [3.63, 3.8) is 0 Å². The molecule has 0 spiro atoms. The molecule has 0 aromatic heterocycles. The highest BCUT2D eigenvalue weighted by molar-refractivity contribution is 5.78. The van der Waals surface area contributed by atoms with Gasteiger partial charge in [0.2, 0.25) is 5.91 Å². The maximum Gasteiger partial charge on any atom is 0.223 e. The van der Waals surface area contributed by atoms with Crippen LogP contribution < -0.4 is 5.32 Å². The summed E-state index contributed by atoms with van der Waals surface area (Å²) < 4.78 is 0. The van der Waals surface area contributed by atoms with Crippen LogP contribution in [0.5, 0.6) is 0 Å². The zero-order valence-corrected chi connectivity index (χ0v) is 11.5. The summed E-state index contributed by atoms with van der Waals surface area (Å²) in [6, 6.07) is 0.387. The molecule has 0 heterocycles. The minimum Gasteiger partial charge on any atom is -0.353 e. The Morgan fingerprint density at radius 2 is 1.94 bits per heavy atom. The first-order valence-corrected chi connectivity index (χ1v) is 7.46. The largest absolute Gasteiger partial charge is 0.353 e. The van der Waals surface area contributed by atoms with E-state index in [1.54, 1.807) is 0 Å². The quantitative estimate of drug-likeness (QED) is 0.780. The number of hydrogen-bond donors (Lipinski definition) is 1. The first kappa shape index (κ1) is 12.9. The van der Waals surface area contributed by atoms with Gasteiger partial charge in [0.05, 0.1) is 0 Å². The summed E-state index contributed by atoms with van der Waals surface area (Å²) in [5.74, 6) is 3.13. The number of amides is 1. The second kappa shape index (κ2) is 5.41. The molecule has 17 heavy (non-hydrogen) atoms. The van der Waals surface area contributed by atoms with Crippen molar-refractivity contribution in [2.45, 2.75) is 65.3 Å². The smallest absolute Gasteiger partial charge is 0.223 e. The van der Waals surface area contributed by atoms with Gasteiger partial charge in [-0.1, -0.05) is 20.3 Å². The van der Waals surface area contributed by atoms with Crippen LogP contribution >= 0.6 is 0 Å². The van der Waals surface area contributed by atoms with Gasteiger partial charge in [0.1, 0.15) is 0 Å². The van der Waals surface area contributed by atoms with E-state index in [1.807, 2.05) is 0 Å². The van der Waals surface area contributed by atoms with E-state index in [1.165, 1.54) is 25.7 Å². The fourth-order valence-electron chi connectivity index (χ4n) is 4.02. The average Bonchev–Trinajstić information content (AvgIpc) is 2.92. The number of carbonyl (C=O) groups excluding carboxylic acids is 1. The van der Waals surface area contributed by atoms with Gasteiger partial charge < -0.3 is 5.32 Å². The molecular formula is C15H27NO. The van der Waals surface area contributed by atoms with Crippen molar-refractivity contribution in [2.75, 3.05) is 0 Å². The number of carbonyl (C=O) groups is 1. The number of hydrogen-bond acceptors (Lipinski definition) is 1. The number of nitrogens with one attached hydrogen (secondary N) is 1. The summed E-state index contributed by atoms with van der Waals surface area (Å²) in [7, 11) is 0. The molecule has 0 radical (unpaired) electrons. The van der Waals surface area contributed by atoms with Crippen LogP contribution in [-0.4, -0.2) is 11.9 Å². The Hall–Kier alpha value is -0.530. The first-order valence-electron chi connectivity index (χ1n) is 7.46. The lowest BCUT2D eigenvalue weighted by Crippen LogP contribution is -2.42. The molecule has 0 aromatic rings. The van der Waals surface area contributed by atoms with Gasteiger partial charge in [-0.25, -0.2) is 0 Å². The van der Waals surface area contributed by atoms with E-state index < -0.39 is 0 Å². The molecular weight excluding hydrogens is 210 g/mol. The Morgan fingerprint density at radius 1 is 1.24 bits per heavy atom. The zero-order valence-electron chi connectivity index (χ0n) is 11.5. The highest BCUT2D eigenvalue weighted by Gasteiger charge is 2.42. The Morgan fingerprint density at radius 3 is 2.41 bits per heavy atom. The third kappa shape index (κ3) is 2.66. The van der Waals surface area contributed by atoms with Gasteiger partial charge in [-0.3, -0.25) is 4.79 Å². The van der Waals surface area contributed by atoms with E-state index in [0.29, 0.717) is 6.04 Å². The molecule has 4 atom stereocenters. The Balaban J connectivity index is 1.84. The Labute approximate surface area is 106 Å². The van der Waals surface area contributed by atoms with E-state index in [4.69, 9.17) is 0 Å². The molecule has 1 amide bonds. The Bertz CT molecular complexity index is 272. The van der Waals surface area contributed by atoms with Crippen molar-refractivity contribution in [2.24, 2.45) is 23.7 Å². The SMILES string of the molecule is CCC(CC)C(=O)N[C@@H](C)[C@@H]1C[C@@H]2CC[C@@H]1C2. The van der Waals surface area contributed by atoms with Crippen LogP contribution in [0.1, 0.15) is 59.3 Å². The zero-order chi connectivity index (χ0) is 12.4. The lowest BCUT2D eigenvalue weighted by atomic mass is 9.83. The van der Waals surface area contributed by atoms with Gasteiger partial charge >= 0.3 is 0 Å². The molecule has 2 nitrogen and oxygen atoms in total. The normalized spacial score (nSPS) is 33.1. The summed E-state index contributed by atoms with van der Waals surface area (Å²) >= 11 is 0. The topological polar surface area (TPSA) is 29.1 Å². The van der Waals surface area contributed by atoms with Crippen molar-refractivity contribution in [3.05, 3.63) is 0 Å². The van der Waals surface area contributed by atoms with Crippen LogP contribution in [0.2, 0.25) is 0 Å². The lowest BCUT2D eigenvalue weighted by molar-refractivity contribution is -0.126. The number of fused-ring (bicyclic) bond motifs is 2. The van der Waals surface area contributed by atoms with Crippen molar-refractivity contribution in [1.29, 1.82) is 0 Å². The summed E-state index contributed by atoms with van der Waals surface area (Å²) in [4.78, 5) is 12.1. The van der Waals surface area contributed by atoms with Crippen LogP contribution in [0.15, 0.2) is 0 Å². The van der Waals surface area contributed by atoms with E-state index in [0.717, 1.165) is 30.6 Å². The molecule has 2 heteroatoms. The molecule has 2 aliphatic rings. The highest BCUT2D eigenvalue weighted by atomic mass is 16.1. The second-order valence-electron chi connectivity index (χ2n) is 6.15. The van der Waals surface area contributed by atoms with Gasteiger partial charge in [-0.15, -0.1) is 0 Å². The summed E-state index contributed by atoms with van der Waals surface area (Å²) in [6.07, 6.45) is 7.55. The molecule has 2 bridgehead atoms. The third-order valence-corrected chi connectivity index (χ3v) is 5.16. The van der Waals surface area contributed by atoms with Gasteiger partial charge in [-0.2, -0.15) is 0 Å². The van der Waals surface area contributed by atoms with Crippen molar-refractivity contribution >= 4 is 5.91 Å². The monoisotopic (exact) mass is 237 g/mol. The maximum absolute atomic E-state index is 12.1. The number of rotatable bonds is 5. The molecule has 0 aromatic carbocycles. The fourth-order valence-corrected chi connectivity index (χ4v) is 4.02. The molecule has 98 valence electrons. The molecule has 2 fully saturated rings. The highest BCUT2D eigenvalue weighted by Crippen LogP contribution is 2.49. The van der Waals surface area contributed by atoms with E-state index in [9.17, 15) is 4.79 Å². The van der Waals surface area contributed by atoms with Crippen molar-refractivity contribution in [1.82, 2.24) is 5.32 Å². The lowest BCUT2D eigenvalue weighted by Gasteiger charge is -2.29. The summed E-state index contributed by atoms with van der Waals surface area (Å²) in [5, 5.41) is 3.27. The Kier molecular flexibility index (Phi) is 4.11. The van der Waals surface area contributed by atoms with E-state index >= 15 is 0 Å². The molecule has 1 N–H and O–H groups in total. The molecule has 2 saturated carbocycles. The van der Waals surface area contributed by atoms with Crippen LogP contribution in [0.4, 0.5) is 0 Å². The van der Waals surface area contributed by atoms with E-state index in [2.05, 4.69) is 26.1 Å². The average molecular weight is 237 g/mol. The van der Waals surface area contributed by atoms with Crippen LogP contribution in [0, 0.1) is 23.7 Å². The minimum atomic E-state index is 0.219. The predicted molar refractivity (Wildman–Crippen MR) is 70.6 cm³/mol. The third-order valence-electron chi connectivity index (χ3n) is 5.16. The predicted octanol–water partition coefficient (Wildman–Crippen LogP) is 3.36. The standard InChI is InChI=1S/C15H27NO/c1-4-12(5-2)15(17)16-10(3)14-9-11-6-7-13(14)8-11/h10-14H,4-9H2,1-3H3,(H,16,17)/t10-,11+,13+,14-/m0/s1. The van der Waals surface area contributed by atoms with Gasteiger partial charge in [0.15, 0.2) is 0 Å². The second-order valence-corrected chi connectivity index (χ2v) is 6.15. The maximum atomic E-state index is 12.1. The van der Waals surface area contributed by atoms with Gasteiger partial charge in [0.25, 0.3) is 0 Å². The van der Waals surface area contributed by atoms with Crippen LogP contribution in [0.25, 0.3) is 0 Å². The molecule has 0 unspecified atom stereocenters. The van der Waals surface area contributed by atoms with Crippen LogP contribution in [0.3, 0.4) is 0 Å². The fraction of sp³-hybridized carbons (Fsp3) is 0.933. The molecule has 2 rings (SSSR count). The summed E-state index contributed by atoms with van der Waals surface area (Å²) in [5.41, 5.74) is 0. The van der Waals surface area contributed by atoms with Crippen LogP contribution in [-0.2, 0) is 4.79 Å².